The van der Waals surface area contributed by atoms with Crippen LogP contribution in [0.2, 0.25) is 0 Å². The molecule has 6 nitrogen and oxygen atoms in total. The fraction of sp³-hybridized carbons (Fsp3) is 0.905. The zero-order chi connectivity index (χ0) is 20.5. The van der Waals surface area contributed by atoms with Gasteiger partial charge in [-0.15, -0.1) is 0 Å². The summed E-state index contributed by atoms with van der Waals surface area (Å²) in [6.07, 6.45) is 11.8. The topological polar surface area (TPSA) is 115 Å². The minimum absolute atomic E-state index is 0.120. The first kappa shape index (κ1) is 25.9. The molecule has 0 spiro atoms. The van der Waals surface area contributed by atoms with Gasteiger partial charge in [-0.25, -0.2) is 0 Å². The monoisotopic (exact) mass is 388 g/mol. The molecule has 6 heteroatoms. The number of carboxylic acids is 2. The molecule has 0 aromatic carbocycles. The van der Waals surface area contributed by atoms with Crippen molar-refractivity contribution in [2.75, 3.05) is 6.61 Å². The molecule has 0 aliphatic rings. The van der Waals surface area contributed by atoms with Gasteiger partial charge in [0.05, 0.1) is 18.6 Å². The first-order chi connectivity index (χ1) is 12.9. The fourth-order valence-corrected chi connectivity index (χ4v) is 3.54. The summed E-state index contributed by atoms with van der Waals surface area (Å²) in [5.74, 6) is -1.55. The molecule has 0 aromatic rings. The van der Waals surface area contributed by atoms with Crippen LogP contribution in [0, 0.1) is 11.8 Å². The molecular formula is C21H40O6. The van der Waals surface area contributed by atoms with Crippen molar-refractivity contribution in [1.82, 2.24) is 0 Å². The highest BCUT2D eigenvalue weighted by Gasteiger charge is 2.21. The van der Waals surface area contributed by atoms with Gasteiger partial charge in [0.15, 0.2) is 0 Å². The lowest BCUT2D eigenvalue weighted by molar-refractivity contribution is -0.143. The first-order valence-corrected chi connectivity index (χ1v) is 10.6. The highest BCUT2D eigenvalue weighted by molar-refractivity contribution is 5.69. The number of aliphatic hydroxyl groups is 2. The van der Waals surface area contributed by atoms with Crippen LogP contribution in [0.3, 0.4) is 0 Å². The molecule has 3 atom stereocenters. The lowest BCUT2D eigenvalue weighted by Crippen LogP contribution is -2.23. The van der Waals surface area contributed by atoms with E-state index in [-0.39, 0.29) is 19.4 Å². The predicted molar refractivity (Wildman–Crippen MR) is 106 cm³/mol. The smallest absolute Gasteiger partial charge is 0.306 e. The van der Waals surface area contributed by atoms with Crippen LogP contribution in [0.5, 0.6) is 0 Å². The van der Waals surface area contributed by atoms with Crippen LogP contribution >= 0.6 is 0 Å². The third kappa shape index (κ3) is 15.6. The third-order valence-corrected chi connectivity index (χ3v) is 5.36. The minimum atomic E-state index is -0.947. The van der Waals surface area contributed by atoms with E-state index in [4.69, 9.17) is 10.2 Å². The van der Waals surface area contributed by atoms with E-state index < -0.39 is 24.0 Å². The van der Waals surface area contributed by atoms with Crippen molar-refractivity contribution in [2.45, 2.75) is 103 Å². The summed E-state index contributed by atoms with van der Waals surface area (Å²) in [7, 11) is 0. The van der Waals surface area contributed by atoms with E-state index in [0.717, 1.165) is 38.5 Å². The van der Waals surface area contributed by atoms with Gasteiger partial charge in [0.25, 0.3) is 0 Å². The van der Waals surface area contributed by atoms with Gasteiger partial charge in [-0.05, 0) is 25.2 Å². The SMILES string of the molecule is CCC(CCCCCCCCCC(=O)O)CCCC(CC(O)CO)C(=O)O. The van der Waals surface area contributed by atoms with Crippen LogP contribution in [0.15, 0.2) is 0 Å². The number of carbonyl (C=O) groups is 2. The Bertz CT molecular complexity index is 385. The summed E-state index contributed by atoms with van der Waals surface area (Å²) in [6.45, 7) is 1.79. The maximum atomic E-state index is 11.2. The standard InChI is InChI=1S/C21H40O6/c1-2-17(11-8-6-4-3-5-7-9-14-20(24)25)12-10-13-18(21(26)27)15-19(23)16-22/h17-19,22-23H,2-16H2,1H3,(H,24,25)(H,26,27). The maximum absolute atomic E-state index is 11.2. The molecule has 27 heavy (non-hydrogen) atoms. The predicted octanol–water partition coefficient (Wildman–Crippen LogP) is 4.22. The zero-order valence-electron chi connectivity index (χ0n) is 16.9. The lowest BCUT2D eigenvalue weighted by Gasteiger charge is -2.18. The third-order valence-electron chi connectivity index (χ3n) is 5.36. The maximum Gasteiger partial charge on any atom is 0.306 e. The van der Waals surface area contributed by atoms with E-state index in [9.17, 15) is 19.8 Å². The molecule has 0 fully saturated rings. The van der Waals surface area contributed by atoms with Gasteiger partial charge in [-0.3, -0.25) is 9.59 Å². The van der Waals surface area contributed by atoms with E-state index >= 15 is 0 Å². The molecule has 0 rings (SSSR count). The van der Waals surface area contributed by atoms with E-state index in [1.807, 2.05) is 0 Å². The fourth-order valence-electron chi connectivity index (χ4n) is 3.54. The number of hydrogen-bond acceptors (Lipinski definition) is 4. The number of aliphatic carboxylic acids is 2. The molecular weight excluding hydrogens is 348 g/mol. The van der Waals surface area contributed by atoms with Crippen molar-refractivity contribution in [3.8, 4) is 0 Å². The number of aliphatic hydroxyl groups excluding tert-OH is 2. The quantitative estimate of drug-likeness (QED) is 0.246. The zero-order valence-corrected chi connectivity index (χ0v) is 16.9. The molecule has 0 amide bonds. The molecule has 0 aliphatic carbocycles. The van der Waals surface area contributed by atoms with Crippen LogP contribution in [0.4, 0.5) is 0 Å². The second-order valence-electron chi connectivity index (χ2n) is 7.72. The molecule has 0 aliphatic heterocycles. The summed E-state index contributed by atoms with van der Waals surface area (Å²) >= 11 is 0. The Kier molecular flexibility index (Phi) is 16.3. The molecule has 4 N–H and O–H groups in total. The number of hydrogen-bond donors (Lipinski definition) is 4. The molecule has 160 valence electrons. The van der Waals surface area contributed by atoms with Gasteiger partial charge in [-0.1, -0.05) is 71.1 Å². The Labute approximate surface area is 164 Å². The van der Waals surface area contributed by atoms with Crippen molar-refractivity contribution in [3.63, 3.8) is 0 Å². The molecule has 0 radical (unpaired) electrons. The van der Waals surface area contributed by atoms with E-state index in [0.29, 0.717) is 12.3 Å². The van der Waals surface area contributed by atoms with Crippen molar-refractivity contribution < 1.29 is 30.0 Å². The first-order valence-electron chi connectivity index (χ1n) is 10.6. The Morgan fingerprint density at radius 1 is 0.815 bits per heavy atom. The largest absolute Gasteiger partial charge is 0.481 e. The highest BCUT2D eigenvalue weighted by Crippen LogP contribution is 2.23. The minimum Gasteiger partial charge on any atom is -0.481 e. The summed E-state index contributed by atoms with van der Waals surface area (Å²) in [4.78, 5) is 21.7. The second kappa shape index (κ2) is 17.0. The average molecular weight is 389 g/mol. The lowest BCUT2D eigenvalue weighted by atomic mass is 9.89. The number of unbranched alkanes of at least 4 members (excludes halogenated alkanes) is 6. The van der Waals surface area contributed by atoms with Gasteiger partial charge in [0, 0.05) is 6.42 Å². The molecule has 0 bridgehead atoms. The molecule has 0 saturated heterocycles. The molecule has 0 aromatic heterocycles. The van der Waals surface area contributed by atoms with E-state index in [1.54, 1.807) is 0 Å². The van der Waals surface area contributed by atoms with Crippen molar-refractivity contribution in [2.24, 2.45) is 11.8 Å². The Balaban J connectivity index is 3.76. The van der Waals surface area contributed by atoms with Crippen LogP contribution in [0.1, 0.15) is 96.8 Å². The van der Waals surface area contributed by atoms with Crippen LogP contribution < -0.4 is 0 Å². The van der Waals surface area contributed by atoms with Gasteiger partial charge in [0.2, 0.25) is 0 Å². The van der Waals surface area contributed by atoms with E-state index in [1.165, 1.54) is 32.1 Å². The summed E-state index contributed by atoms with van der Waals surface area (Å²) < 4.78 is 0. The van der Waals surface area contributed by atoms with Gasteiger partial charge < -0.3 is 20.4 Å². The Hall–Kier alpha value is -1.14. The normalized spacial score (nSPS) is 14.6. The van der Waals surface area contributed by atoms with Crippen LogP contribution in [-0.2, 0) is 9.59 Å². The molecule has 0 saturated carbocycles. The highest BCUT2D eigenvalue weighted by atomic mass is 16.4. The molecule has 3 unspecified atom stereocenters. The average Bonchev–Trinajstić information content (AvgIpc) is 2.63. The van der Waals surface area contributed by atoms with Crippen LogP contribution in [0.25, 0.3) is 0 Å². The summed E-state index contributed by atoms with van der Waals surface area (Å²) in [5.41, 5.74) is 0. The second-order valence-corrected chi connectivity index (χ2v) is 7.72. The summed E-state index contributed by atoms with van der Waals surface area (Å²) in [5, 5.41) is 36.1. The van der Waals surface area contributed by atoms with Crippen molar-refractivity contribution >= 4 is 11.9 Å². The van der Waals surface area contributed by atoms with Crippen molar-refractivity contribution in [1.29, 1.82) is 0 Å². The Morgan fingerprint density at radius 2 is 1.37 bits per heavy atom. The van der Waals surface area contributed by atoms with Gasteiger partial charge >= 0.3 is 11.9 Å². The summed E-state index contributed by atoms with van der Waals surface area (Å²) in [6, 6.07) is 0. The van der Waals surface area contributed by atoms with E-state index in [2.05, 4.69) is 6.92 Å². The van der Waals surface area contributed by atoms with Gasteiger partial charge in [0.1, 0.15) is 0 Å². The van der Waals surface area contributed by atoms with Crippen LogP contribution in [-0.4, -0.2) is 45.1 Å². The van der Waals surface area contributed by atoms with Crippen molar-refractivity contribution in [3.05, 3.63) is 0 Å². The number of carboxylic acid groups (broad SMARTS) is 2. The Morgan fingerprint density at radius 3 is 1.89 bits per heavy atom. The molecule has 0 heterocycles. The number of rotatable bonds is 19. The van der Waals surface area contributed by atoms with Gasteiger partial charge in [-0.2, -0.15) is 0 Å².